The molecular formula is C17H13NO4S. The number of benzene rings is 1. The summed E-state index contributed by atoms with van der Waals surface area (Å²) in [4.78, 5) is 39.7. The van der Waals surface area contributed by atoms with E-state index in [0.717, 1.165) is 34.6 Å². The highest BCUT2D eigenvalue weighted by atomic mass is 32.1. The van der Waals surface area contributed by atoms with Crippen LogP contribution in [0.2, 0.25) is 0 Å². The molecule has 0 bridgehead atoms. The van der Waals surface area contributed by atoms with Crippen molar-refractivity contribution in [1.29, 1.82) is 0 Å². The Balaban J connectivity index is 1.89. The second-order valence-corrected chi connectivity index (χ2v) is 6.60. The molecule has 1 aromatic heterocycles. The lowest BCUT2D eigenvalue weighted by atomic mass is 10.1. The summed E-state index contributed by atoms with van der Waals surface area (Å²) in [7, 11) is 1.31. The number of amides is 2. The zero-order chi connectivity index (χ0) is 16.1. The summed E-state index contributed by atoms with van der Waals surface area (Å²) in [5, 5.41) is 0.396. The number of ether oxygens (including phenoxy) is 1. The maximum Gasteiger partial charge on any atom is 0.341 e. The van der Waals surface area contributed by atoms with Gasteiger partial charge < -0.3 is 4.74 Å². The largest absolute Gasteiger partial charge is 0.465 e. The van der Waals surface area contributed by atoms with Crippen molar-refractivity contribution in [3.05, 3.63) is 51.4 Å². The Morgan fingerprint density at radius 1 is 1.13 bits per heavy atom. The van der Waals surface area contributed by atoms with Crippen molar-refractivity contribution >= 4 is 34.1 Å². The molecule has 0 saturated carbocycles. The summed E-state index contributed by atoms with van der Waals surface area (Å²) in [6.07, 6.45) is 2.63. The minimum atomic E-state index is -0.490. The normalized spacial score (nSPS) is 15.8. The van der Waals surface area contributed by atoms with Gasteiger partial charge in [-0.15, -0.1) is 11.3 Å². The van der Waals surface area contributed by atoms with Gasteiger partial charge in [-0.2, -0.15) is 0 Å². The van der Waals surface area contributed by atoms with Gasteiger partial charge in [0.05, 0.1) is 23.8 Å². The smallest absolute Gasteiger partial charge is 0.341 e. The first kappa shape index (κ1) is 14.1. The maximum absolute atomic E-state index is 12.7. The molecule has 0 N–H and O–H groups in total. The van der Waals surface area contributed by atoms with Crippen LogP contribution in [0.3, 0.4) is 0 Å². The Labute approximate surface area is 136 Å². The summed E-state index contributed by atoms with van der Waals surface area (Å²) in [5.74, 6) is -1.25. The third-order valence-electron chi connectivity index (χ3n) is 4.29. The van der Waals surface area contributed by atoms with Crippen molar-refractivity contribution in [3.8, 4) is 0 Å². The van der Waals surface area contributed by atoms with Crippen LogP contribution in [0.4, 0.5) is 5.00 Å². The Hall–Kier alpha value is -2.47. The number of methoxy groups -OCH3 is 1. The molecule has 23 heavy (non-hydrogen) atoms. The molecule has 2 amide bonds. The number of carbonyl (C=O) groups excluding carboxylic acids is 3. The second kappa shape index (κ2) is 5.03. The van der Waals surface area contributed by atoms with Crippen LogP contribution in [0, 0.1) is 0 Å². The Bertz CT molecular complexity index is 832. The Kier molecular flexibility index (Phi) is 3.09. The third kappa shape index (κ3) is 1.88. The Morgan fingerprint density at radius 2 is 1.78 bits per heavy atom. The van der Waals surface area contributed by atoms with Crippen LogP contribution >= 0.6 is 11.3 Å². The second-order valence-electron chi connectivity index (χ2n) is 5.52. The van der Waals surface area contributed by atoms with Crippen LogP contribution in [-0.4, -0.2) is 24.9 Å². The fourth-order valence-electron chi connectivity index (χ4n) is 3.23. The van der Waals surface area contributed by atoms with Crippen molar-refractivity contribution in [2.75, 3.05) is 12.0 Å². The number of rotatable bonds is 2. The standard InChI is InChI=1S/C17H13NO4S/c1-22-17(21)13-11-7-4-8-12(11)23-16(13)18-14(19)9-5-2-3-6-10(9)15(18)20/h2-3,5-6H,4,7-8H2,1H3. The number of hydrogen-bond donors (Lipinski definition) is 0. The van der Waals surface area contributed by atoms with Crippen LogP contribution in [-0.2, 0) is 17.6 Å². The van der Waals surface area contributed by atoms with Crippen molar-refractivity contribution in [2.45, 2.75) is 19.3 Å². The molecule has 1 aliphatic carbocycles. The van der Waals surface area contributed by atoms with Gasteiger partial charge in [-0.3, -0.25) is 9.59 Å². The summed E-state index contributed by atoms with van der Waals surface area (Å²) in [5.41, 5.74) is 2.05. The van der Waals surface area contributed by atoms with Crippen molar-refractivity contribution in [1.82, 2.24) is 0 Å². The van der Waals surface area contributed by atoms with E-state index in [1.165, 1.54) is 18.4 Å². The fourth-order valence-corrected chi connectivity index (χ4v) is 4.61. The maximum atomic E-state index is 12.7. The lowest BCUT2D eigenvalue weighted by molar-refractivity contribution is 0.0601. The Morgan fingerprint density at radius 3 is 2.39 bits per heavy atom. The quantitative estimate of drug-likeness (QED) is 0.628. The molecule has 1 aliphatic heterocycles. The number of anilines is 1. The number of hydrogen-bond acceptors (Lipinski definition) is 5. The van der Waals surface area contributed by atoms with E-state index in [9.17, 15) is 14.4 Å². The molecule has 2 aromatic rings. The van der Waals surface area contributed by atoms with Crippen molar-refractivity contribution in [3.63, 3.8) is 0 Å². The van der Waals surface area contributed by atoms with E-state index in [1.54, 1.807) is 24.3 Å². The fraction of sp³-hybridized carbons (Fsp3) is 0.235. The van der Waals surface area contributed by atoms with Gasteiger partial charge in [0.15, 0.2) is 0 Å². The molecule has 0 saturated heterocycles. The monoisotopic (exact) mass is 327 g/mol. The van der Waals surface area contributed by atoms with E-state index in [4.69, 9.17) is 4.74 Å². The van der Waals surface area contributed by atoms with Gasteiger partial charge in [0.1, 0.15) is 5.00 Å². The van der Waals surface area contributed by atoms with Gasteiger partial charge in [-0.25, -0.2) is 9.69 Å². The number of esters is 1. The molecular weight excluding hydrogens is 314 g/mol. The highest BCUT2D eigenvalue weighted by Crippen LogP contribution is 2.43. The molecule has 5 nitrogen and oxygen atoms in total. The topological polar surface area (TPSA) is 63.7 Å². The molecule has 116 valence electrons. The van der Waals surface area contributed by atoms with Gasteiger partial charge >= 0.3 is 5.97 Å². The number of nitrogens with zero attached hydrogens (tertiary/aromatic N) is 1. The summed E-state index contributed by atoms with van der Waals surface area (Å²) >= 11 is 1.35. The lowest BCUT2D eigenvalue weighted by Gasteiger charge is -2.14. The predicted molar refractivity (Wildman–Crippen MR) is 85.3 cm³/mol. The zero-order valence-electron chi connectivity index (χ0n) is 12.4. The van der Waals surface area contributed by atoms with Gasteiger partial charge in [-0.05, 0) is 37.0 Å². The molecule has 0 fully saturated rings. The SMILES string of the molecule is COC(=O)c1c(N2C(=O)c3ccccc3C2=O)sc2c1CCC2. The molecule has 2 heterocycles. The van der Waals surface area contributed by atoms with Gasteiger partial charge in [0.2, 0.25) is 0 Å². The first-order valence-electron chi connectivity index (χ1n) is 7.34. The van der Waals surface area contributed by atoms with Crippen molar-refractivity contribution in [2.24, 2.45) is 0 Å². The number of carbonyl (C=O) groups is 3. The van der Waals surface area contributed by atoms with E-state index < -0.39 is 5.97 Å². The van der Waals surface area contributed by atoms with Gasteiger partial charge in [0, 0.05) is 4.88 Å². The van der Waals surface area contributed by atoms with E-state index >= 15 is 0 Å². The average Bonchev–Trinajstić information content (AvgIpc) is 3.20. The molecule has 0 radical (unpaired) electrons. The number of fused-ring (bicyclic) bond motifs is 2. The minimum Gasteiger partial charge on any atom is -0.465 e. The highest BCUT2D eigenvalue weighted by Gasteiger charge is 2.41. The third-order valence-corrected chi connectivity index (χ3v) is 5.57. The number of thiophene rings is 1. The van der Waals surface area contributed by atoms with Crippen LogP contribution in [0.5, 0.6) is 0 Å². The van der Waals surface area contributed by atoms with E-state index in [1.807, 2.05) is 0 Å². The molecule has 0 atom stereocenters. The summed E-state index contributed by atoms with van der Waals surface area (Å²) in [6, 6.07) is 6.72. The first-order chi connectivity index (χ1) is 11.1. The molecule has 0 unspecified atom stereocenters. The van der Waals surface area contributed by atoms with Crippen LogP contribution < -0.4 is 4.90 Å². The summed E-state index contributed by atoms with van der Waals surface area (Å²) < 4.78 is 4.89. The van der Waals surface area contributed by atoms with Crippen LogP contribution in [0.15, 0.2) is 24.3 Å². The number of aryl methyl sites for hydroxylation is 1. The van der Waals surface area contributed by atoms with Gasteiger partial charge in [0.25, 0.3) is 11.8 Å². The molecule has 2 aliphatic rings. The molecule has 4 rings (SSSR count). The molecule has 6 heteroatoms. The van der Waals surface area contributed by atoms with E-state index in [-0.39, 0.29) is 11.8 Å². The van der Waals surface area contributed by atoms with E-state index in [2.05, 4.69) is 0 Å². The predicted octanol–water partition coefficient (Wildman–Crippen LogP) is 2.82. The van der Waals surface area contributed by atoms with Crippen LogP contribution in [0.1, 0.15) is 47.9 Å². The zero-order valence-corrected chi connectivity index (χ0v) is 13.2. The first-order valence-corrected chi connectivity index (χ1v) is 8.15. The summed E-state index contributed by atoms with van der Waals surface area (Å²) in [6.45, 7) is 0. The minimum absolute atomic E-state index is 0.375. The lowest BCUT2D eigenvalue weighted by Crippen LogP contribution is -2.30. The van der Waals surface area contributed by atoms with Gasteiger partial charge in [-0.1, -0.05) is 12.1 Å². The number of imide groups is 1. The van der Waals surface area contributed by atoms with Crippen molar-refractivity contribution < 1.29 is 19.1 Å². The van der Waals surface area contributed by atoms with Crippen LogP contribution in [0.25, 0.3) is 0 Å². The molecule has 1 aromatic carbocycles. The van der Waals surface area contributed by atoms with E-state index in [0.29, 0.717) is 21.7 Å². The highest BCUT2D eigenvalue weighted by molar-refractivity contribution is 7.17. The average molecular weight is 327 g/mol. The molecule has 0 spiro atoms.